The molecule has 0 radical (unpaired) electrons. The minimum atomic E-state index is -0.475. The Kier molecular flexibility index (Phi) is 4.63. The number of Topliss-reactive ketones (excluding diaryl/α,β-unsaturated/α-hetero) is 1. The SMILES string of the molecule is Cc1cccc(OCC(=O)c2cc(Cl)ccc2Cl)c1F. The van der Waals surface area contributed by atoms with Crippen LogP contribution in [0.25, 0.3) is 0 Å². The summed E-state index contributed by atoms with van der Waals surface area (Å²) in [4.78, 5) is 12.0. The van der Waals surface area contributed by atoms with Crippen molar-refractivity contribution in [3.05, 3.63) is 63.4 Å². The Balaban J connectivity index is 2.13. The molecule has 0 saturated heterocycles. The number of rotatable bonds is 4. The second-order valence-corrected chi connectivity index (χ2v) is 5.07. The van der Waals surface area contributed by atoms with Gasteiger partial charge in [-0.2, -0.15) is 0 Å². The topological polar surface area (TPSA) is 26.3 Å². The number of carbonyl (C=O) groups excluding carboxylic acids is 1. The molecule has 20 heavy (non-hydrogen) atoms. The molecular formula is C15H11Cl2FO2. The number of ether oxygens (including phenoxy) is 1. The maximum atomic E-state index is 13.7. The fraction of sp³-hybridized carbons (Fsp3) is 0.133. The Labute approximate surface area is 126 Å². The third kappa shape index (κ3) is 3.30. The van der Waals surface area contributed by atoms with E-state index in [1.54, 1.807) is 25.1 Å². The maximum absolute atomic E-state index is 13.7. The van der Waals surface area contributed by atoms with Crippen molar-refractivity contribution in [3.63, 3.8) is 0 Å². The first-order chi connectivity index (χ1) is 9.49. The molecule has 2 nitrogen and oxygen atoms in total. The van der Waals surface area contributed by atoms with E-state index >= 15 is 0 Å². The summed E-state index contributed by atoms with van der Waals surface area (Å²) in [7, 11) is 0. The summed E-state index contributed by atoms with van der Waals surface area (Å²) in [5.41, 5.74) is 0.711. The van der Waals surface area contributed by atoms with Gasteiger partial charge in [-0.25, -0.2) is 4.39 Å². The van der Waals surface area contributed by atoms with Crippen molar-refractivity contribution < 1.29 is 13.9 Å². The normalized spacial score (nSPS) is 10.4. The van der Waals surface area contributed by atoms with Gasteiger partial charge in [0.25, 0.3) is 0 Å². The standard InChI is InChI=1S/C15H11Cl2FO2/c1-9-3-2-4-14(15(9)18)20-8-13(19)11-7-10(16)5-6-12(11)17/h2-7H,8H2,1H3. The van der Waals surface area contributed by atoms with Crippen LogP contribution in [0.1, 0.15) is 15.9 Å². The van der Waals surface area contributed by atoms with Gasteiger partial charge in [0.1, 0.15) is 0 Å². The van der Waals surface area contributed by atoms with E-state index in [2.05, 4.69) is 0 Å². The highest BCUT2D eigenvalue weighted by atomic mass is 35.5. The van der Waals surface area contributed by atoms with Crippen molar-refractivity contribution in [1.29, 1.82) is 0 Å². The van der Waals surface area contributed by atoms with E-state index in [4.69, 9.17) is 27.9 Å². The van der Waals surface area contributed by atoms with Crippen LogP contribution in [0, 0.1) is 12.7 Å². The number of aryl methyl sites for hydroxylation is 1. The Hall–Kier alpha value is -1.58. The molecule has 0 saturated carbocycles. The van der Waals surface area contributed by atoms with Crippen molar-refractivity contribution in [1.82, 2.24) is 0 Å². The molecule has 0 bridgehead atoms. The fourth-order valence-electron chi connectivity index (χ4n) is 1.66. The van der Waals surface area contributed by atoms with Crippen LogP contribution in [0.3, 0.4) is 0 Å². The van der Waals surface area contributed by atoms with Crippen molar-refractivity contribution >= 4 is 29.0 Å². The van der Waals surface area contributed by atoms with Crippen LogP contribution < -0.4 is 4.74 Å². The number of benzene rings is 2. The maximum Gasteiger partial charge on any atom is 0.201 e. The Bertz CT molecular complexity index is 656. The molecule has 0 heterocycles. The second-order valence-electron chi connectivity index (χ2n) is 4.22. The minimum Gasteiger partial charge on any atom is -0.482 e. The van der Waals surface area contributed by atoms with Crippen molar-refractivity contribution in [2.75, 3.05) is 6.61 Å². The molecule has 0 atom stereocenters. The molecule has 0 amide bonds. The first-order valence-corrected chi connectivity index (χ1v) is 6.61. The number of halogens is 3. The molecule has 0 aliphatic carbocycles. The van der Waals surface area contributed by atoms with Gasteiger partial charge < -0.3 is 4.74 Å². The lowest BCUT2D eigenvalue weighted by atomic mass is 10.1. The van der Waals surface area contributed by atoms with Crippen LogP contribution in [-0.2, 0) is 0 Å². The number of carbonyl (C=O) groups is 1. The molecule has 2 aromatic carbocycles. The van der Waals surface area contributed by atoms with Crippen LogP contribution >= 0.6 is 23.2 Å². The quantitative estimate of drug-likeness (QED) is 0.765. The van der Waals surface area contributed by atoms with Crippen LogP contribution in [-0.4, -0.2) is 12.4 Å². The van der Waals surface area contributed by atoms with Gasteiger partial charge in [-0.05, 0) is 36.8 Å². The van der Waals surface area contributed by atoms with Crippen molar-refractivity contribution in [3.8, 4) is 5.75 Å². The molecule has 0 unspecified atom stereocenters. The Morgan fingerprint density at radius 2 is 2.00 bits per heavy atom. The minimum absolute atomic E-state index is 0.0384. The van der Waals surface area contributed by atoms with Crippen molar-refractivity contribution in [2.45, 2.75) is 6.92 Å². The highest BCUT2D eigenvalue weighted by Crippen LogP contribution is 2.23. The second kappa shape index (κ2) is 6.25. The number of ketones is 1. The average Bonchev–Trinajstić information content (AvgIpc) is 2.43. The van der Waals surface area contributed by atoms with E-state index < -0.39 is 5.82 Å². The first kappa shape index (κ1) is 14.8. The number of hydrogen-bond donors (Lipinski definition) is 0. The molecule has 0 N–H and O–H groups in total. The highest BCUT2D eigenvalue weighted by Gasteiger charge is 2.13. The van der Waals surface area contributed by atoms with E-state index in [1.807, 2.05) is 0 Å². The summed E-state index contributed by atoms with van der Waals surface area (Å²) < 4.78 is 18.9. The predicted molar refractivity (Wildman–Crippen MR) is 77.4 cm³/mol. The van der Waals surface area contributed by atoms with Gasteiger partial charge >= 0.3 is 0 Å². The van der Waals surface area contributed by atoms with Gasteiger partial charge in [-0.1, -0.05) is 35.3 Å². The molecule has 5 heteroatoms. The molecular weight excluding hydrogens is 302 g/mol. The smallest absolute Gasteiger partial charge is 0.201 e. The fourth-order valence-corrected chi connectivity index (χ4v) is 2.06. The Morgan fingerprint density at radius 3 is 2.75 bits per heavy atom. The van der Waals surface area contributed by atoms with Gasteiger partial charge in [0.2, 0.25) is 5.78 Å². The van der Waals surface area contributed by atoms with E-state index in [0.717, 1.165) is 0 Å². The first-order valence-electron chi connectivity index (χ1n) is 5.85. The molecule has 0 fully saturated rings. The van der Waals surface area contributed by atoms with Gasteiger partial charge in [-0.15, -0.1) is 0 Å². The summed E-state index contributed by atoms with van der Waals surface area (Å²) in [6.45, 7) is 1.32. The van der Waals surface area contributed by atoms with E-state index in [1.165, 1.54) is 18.2 Å². The van der Waals surface area contributed by atoms with E-state index in [-0.39, 0.29) is 28.7 Å². The summed E-state index contributed by atoms with van der Waals surface area (Å²) in [5, 5.41) is 0.687. The van der Waals surface area contributed by atoms with Gasteiger partial charge in [-0.3, -0.25) is 4.79 Å². The monoisotopic (exact) mass is 312 g/mol. The highest BCUT2D eigenvalue weighted by molar-refractivity contribution is 6.35. The third-order valence-electron chi connectivity index (χ3n) is 2.74. The lowest BCUT2D eigenvalue weighted by Crippen LogP contribution is -2.13. The van der Waals surface area contributed by atoms with E-state index in [0.29, 0.717) is 10.6 Å². The van der Waals surface area contributed by atoms with Crippen LogP contribution in [0.2, 0.25) is 10.0 Å². The molecule has 0 aliphatic rings. The predicted octanol–water partition coefficient (Wildman–Crippen LogP) is 4.70. The van der Waals surface area contributed by atoms with Crippen LogP contribution in [0.15, 0.2) is 36.4 Å². The molecule has 104 valence electrons. The summed E-state index contributed by atoms with van der Waals surface area (Å²) in [6, 6.07) is 9.33. The van der Waals surface area contributed by atoms with Gasteiger partial charge in [0.05, 0.1) is 5.02 Å². The summed E-state index contributed by atoms with van der Waals surface area (Å²) in [5.74, 6) is -0.799. The molecule has 0 aromatic heterocycles. The summed E-state index contributed by atoms with van der Waals surface area (Å²) in [6.07, 6.45) is 0. The number of hydrogen-bond acceptors (Lipinski definition) is 2. The molecule has 0 aliphatic heterocycles. The third-order valence-corrected chi connectivity index (χ3v) is 3.31. The van der Waals surface area contributed by atoms with Crippen LogP contribution in [0.4, 0.5) is 4.39 Å². The lowest BCUT2D eigenvalue weighted by molar-refractivity contribution is 0.0919. The molecule has 0 spiro atoms. The van der Waals surface area contributed by atoms with Crippen LogP contribution in [0.5, 0.6) is 5.75 Å². The van der Waals surface area contributed by atoms with E-state index in [9.17, 15) is 9.18 Å². The average molecular weight is 313 g/mol. The molecule has 2 rings (SSSR count). The zero-order valence-electron chi connectivity index (χ0n) is 10.6. The van der Waals surface area contributed by atoms with Crippen molar-refractivity contribution in [2.24, 2.45) is 0 Å². The Morgan fingerprint density at radius 1 is 1.25 bits per heavy atom. The zero-order valence-corrected chi connectivity index (χ0v) is 12.1. The largest absolute Gasteiger partial charge is 0.482 e. The summed E-state index contributed by atoms with van der Waals surface area (Å²) >= 11 is 11.7. The van der Waals surface area contributed by atoms with Gasteiger partial charge in [0, 0.05) is 10.6 Å². The molecule has 2 aromatic rings. The zero-order chi connectivity index (χ0) is 14.7. The lowest BCUT2D eigenvalue weighted by Gasteiger charge is -2.09. The van der Waals surface area contributed by atoms with Gasteiger partial charge in [0.15, 0.2) is 18.2 Å².